The lowest BCUT2D eigenvalue weighted by molar-refractivity contribution is -0.131. The molecular weight excluding hydrogens is 228 g/mol. The Labute approximate surface area is 110 Å². The molecule has 2 aliphatic heterocycles. The third-order valence-electron chi connectivity index (χ3n) is 4.28. The summed E-state index contributed by atoms with van der Waals surface area (Å²) in [6, 6.07) is 0. The summed E-state index contributed by atoms with van der Waals surface area (Å²) in [6.45, 7) is 4.87. The third-order valence-corrected chi connectivity index (χ3v) is 4.28. The van der Waals surface area contributed by atoms with E-state index in [1.807, 2.05) is 11.9 Å². The van der Waals surface area contributed by atoms with Gasteiger partial charge in [-0.3, -0.25) is 4.79 Å². The van der Waals surface area contributed by atoms with E-state index in [0.717, 1.165) is 26.2 Å². The van der Waals surface area contributed by atoms with Gasteiger partial charge in [0.25, 0.3) is 0 Å². The van der Waals surface area contributed by atoms with Gasteiger partial charge in [-0.1, -0.05) is 0 Å². The molecule has 2 saturated heterocycles. The first-order chi connectivity index (χ1) is 8.65. The first kappa shape index (κ1) is 13.8. The molecule has 2 fully saturated rings. The van der Waals surface area contributed by atoms with Crippen LogP contribution in [0.5, 0.6) is 0 Å². The maximum absolute atomic E-state index is 12.1. The van der Waals surface area contributed by atoms with Crippen LogP contribution in [0.25, 0.3) is 0 Å². The molecule has 4 heteroatoms. The third kappa shape index (κ3) is 3.95. The van der Waals surface area contributed by atoms with Gasteiger partial charge in [-0.05, 0) is 51.2 Å². The molecule has 1 amide bonds. The fraction of sp³-hybridized carbons (Fsp3) is 0.929. The minimum Gasteiger partial charge on any atom is -0.381 e. The smallest absolute Gasteiger partial charge is 0.222 e. The molecule has 0 aromatic rings. The number of carbonyl (C=O) groups excluding carboxylic acids is 1. The lowest BCUT2D eigenvalue weighted by atomic mass is 9.96. The van der Waals surface area contributed by atoms with Crippen LogP contribution >= 0.6 is 0 Å². The number of ether oxygens (including phenoxy) is 1. The van der Waals surface area contributed by atoms with E-state index in [0.29, 0.717) is 24.2 Å². The average molecular weight is 254 g/mol. The maximum Gasteiger partial charge on any atom is 0.222 e. The summed E-state index contributed by atoms with van der Waals surface area (Å²) in [7, 11) is 4.13. The Morgan fingerprint density at radius 2 is 2.00 bits per heavy atom. The van der Waals surface area contributed by atoms with Crippen molar-refractivity contribution in [3.05, 3.63) is 0 Å². The van der Waals surface area contributed by atoms with Crippen molar-refractivity contribution in [1.82, 2.24) is 9.80 Å². The summed E-state index contributed by atoms with van der Waals surface area (Å²) >= 11 is 0. The highest BCUT2D eigenvalue weighted by molar-refractivity contribution is 5.76. The maximum atomic E-state index is 12.1. The monoisotopic (exact) mass is 254 g/mol. The molecule has 0 N–H and O–H groups in total. The second kappa shape index (κ2) is 6.53. The van der Waals surface area contributed by atoms with Crippen LogP contribution in [0.3, 0.4) is 0 Å². The highest BCUT2D eigenvalue weighted by atomic mass is 16.5. The van der Waals surface area contributed by atoms with Crippen molar-refractivity contribution in [2.75, 3.05) is 46.9 Å². The van der Waals surface area contributed by atoms with Crippen LogP contribution in [0.4, 0.5) is 0 Å². The van der Waals surface area contributed by atoms with Crippen molar-refractivity contribution in [3.8, 4) is 0 Å². The molecule has 0 radical (unpaired) electrons. The van der Waals surface area contributed by atoms with E-state index in [9.17, 15) is 4.79 Å². The van der Waals surface area contributed by atoms with Crippen molar-refractivity contribution < 1.29 is 9.53 Å². The van der Waals surface area contributed by atoms with Gasteiger partial charge in [0.1, 0.15) is 0 Å². The fourth-order valence-corrected chi connectivity index (χ4v) is 2.88. The lowest BCUT2D eigenvalue weighted by Gasteiger charge is -2.32. The van der Waals surface area contributed by atoms with Crippen LogP contribution < -0.4 is 0 Å². The molecule has 2 rings (SSSR count). The fourth-order valence-electron chi connectivity index (χ4n) is 2.88. The second-order valence-corrected chi connectivity index (χ2v) is 5.95. The molecule has 0 spiro atoms. The van der Waals surface area contributed by atoms with E-state index in [1.165, 1.54) is 25.9 Å². The summed E-state index contributed by atoms with van der Waals surface area (Å²) in [5, 5.41) is 0. The number of hydrogen-bond acceptors (Lipinski definition) is 3. The van der Waals surface area contributed by atoms with Gasteiger partial charge in [-0.15, -0.1) is 0 Å². The van der Waals surface area contributed by atoms with E-state index in [-0.39, 0.29) is 0 Å². The predicted molar refractivity (Wildman–Crippen MR) is 71.4 cm³/mol. The van der Waals surface area contributed by atoms with Crippen molar-refractivity contribution >= 4 is 5.91 Å². The first-order valence-corrected chi connectivity index (χ1v) is 7.15. The summed E-state index contributed by atoms with van der Waals surface area (Å²) in [6.07, 6.45) is 4.16. The summed E-state index contributed by atoms with van der Waals surface area (Å²) in [5.74, 6) is 1.44. The molecule has 18 heavy (non-hydrogen) atoms. The number of amides is 1. The molecule has 4 nitrogen and oxygen atoms in total. The number of likely N-dealkylation sites (tertiary alicyclic amines) is 1. The molecule has 104 valence electrons. The van der Waals surface area contributed by atoms with Crippen LogP contribution in [-0.2, 0) is 9.53 Å². The van der Waals surface area contributed by atoms with Gasteiger partial charge in [-0.25, -0.2) is 0 Å². The molecule has 0 bridgehead atoms. The Bertz CT molecular complexity index is 269. The Kier molecular flexibility index (Phi) is 5.01. The van der Waals surface area contributed by atoms with Gasteiger partial charge in [0.2, 0.25) is 5.91 Å². The number of carbonyl (C=O) groups is 1. The highest BCUT2D eigenvalue weighted by Gasteiger charge is 2.23. The predicted octanol–water partition coefficient (Wildman–Crippen LogP) is 1.21. The number of nitrogens with zero attached hydrogens (tertiary/aromatic N) is 2. The standard InChI is InChI=1S/C14H26N2O2/c1-15-6-3-12(4-7-15)10-16(2)14(17)9-13-5-8-18-11-13/h12-13H,3-11H2,1-2H3/t13-/m1/s1. The summed E-state index contributed by atoms with van der Waals surface area (Å²) in [4.78, 5) is 16.4. The molecule has 0 aromatic carbocycles. The van der Waals surface area contributed by atoms with E-state index in [4.69, 9.17) is 4.74 Å². The Hall–Kier alpha value is -0.610. The van der Waals surface area contributed by atoms with E-state index < -0.39 is 0 Å². The molecule has 0 saturated carbocycles. The van der Waals surface area contributed by atoms with Gasteiger partial charge < -0.3 is 14.5 Å². The minimum absolute atomic E-state index is 0.296. The molecule has 2 heterocycles. The van der Waals surface area contributed by atoms with Crippen molar-refractivity contribution in [2.45, 2.75) is 25.7 Å². The van der Waals surface area contributed by atoms with Crippen LogP contribution in [0.2, 0.25) is 0 Å². The molecule has 0 aromatic heterocycles. The van der Waals surface area contributed by atoms with E-state index in [2.05, 4.69) is 11.9 Å². The Morgan fingerprint density at radius 3 is 2.61 bits per heavy atom. The number of rotatable bonds is 4. The van der Waals surface area contributed by atoms with Crippen LogP contribution in [0.15, 0.2) is 0 Å². The summed E-state index contributed by atoms with van der Waals surface area (Å²) < 4.78 is 5.32. The zero-order valence-electron chi connectivity index (χ0n) is 11.7. The van der Waals surface area contributed by atoms with Crippen molar-refractivity contribution in [3.63, 3.8) is 0 Å². The molecule has 2 aliphatic rings. The van der Waals surface area contributed by atoms with Crippen LogP contribution in [0, 0.1) is 11.8 Å². The molecule has 1 atom stereocenters. The van der Waals surface area contributed by atoms with Gasteiger partial charge in [-0.2, -0.15) is 0 Å². The molecular formula is C14H26N2O2. The minimum atomic E-state index is 0.296. The number of piperidine rings is 1. The largest absolute Gasteiger partial charge is 0.381 e. The Balaban J connectivity index is 1.69. The van der Waals surface area contributed by atoms with Gasteiger partial charge in [0.05, 0.1) is 0 Å². The van der Waals surface area contributed by atoms with Crippen LogP contribution in [-0.4, -0.2) is 62.7 Å². The molecule has 0 unspecified atom stereocenters. The van der Waals surface area contributed by atoms with E-state index in [1.54, 1.807) is 0 Å². The average Bonchev–Trinajstić information content (AvgIpc) is 2.85. The van der Waals surface area contributed by atoms with Gasteiger partial charge >= 0.3 is 0 Å². The first-order valence-electron chi connectivity index (χ1n) is 7.15. The van der Waals surface area contributed by atoms with E-state index >= 15 is 0 Å². The second-order valence-electron chi connectivity index (χ2n) is 5.95. The van der Waals surface area contributed by atoms with Crippen LogP contribution in [0.1, 0.15) is 25.7 Å². The normalized spacial score (nSPS) is 26.4. The topological polar surface area (TPSA) is 32.8 Å². The van der Waals surface area contributed by atoms with Gasteiger partial charge in [0.15, 0.2) is 0 Å². The van der Waals surface area contributed by atoms with Gasteiger partial charge in [0, 0.05) is 33.2 Å². The number of hydrogen-bond donors (Lipinski definition) is 0. The molecule has 0 aliphatic carbocycles. The Morgan fingerprint density at radius 1 is 1.28 bits per heavy atom. The zero-order chi connectivity index (χ0) is 13.0. The zero-order valence-corrected chi connectivity index (χ0v) is 11.7. The summed E-state index contributed by atoms with van der Waals surface area (Å²) in [5.41, 5.74) is 0. The van der Waals surface area contributed by atoms with Crippen molar-refractivity contribution in [2.24, 2.45) is 11.8 Å². The lowest BCUT2D eigenvalue weighted by Crippen LogP contribution is -2.38. The van der Waals surface area contributed by atoms with Crippen molar-refractivity contribution in [1.29, 1.82) is 0 Å². The SMILES string of the molecule is CN1CCC(CN(C)C(=O)C[C@H]2CCOC2)CC1. The highest BCUT2D eigenvalue weighted by Crippen LogP contribution is 2.20. The quantitative estimate of drug-likeness (QED) is 0.756.